The zero-order valence-electron chi connectivity index (χ0n) is 7.71. The van der Waals surface area contributed by atoms with Crippen LogP contribution in [-0.2, 0) is 4.84 Å². The minimum absolute atomic E-state index is 0.302. The molecule has 0 bridgehead atoms. The van der Waals surface area contributed by atoms with Crippen LogP contribution in [0.15, 0.2) is 23.5 Å². The fourth-order valence-electron chi connectivity index (χ4n) is 0.785. The number of carbonyl (C=O) groups excluding carboxylic acids is 1. The quantitative estimate of drug-likeness (QED) is 0.397. The average molecular weight is 194 g/mol. The lowest BCUT2D eigenvalue weighted by atomic mass is 10.4. The van der Waals surface area contributed by atoms with Crippen LogP contribution in [0.5, 0.6) is 5.75 Å². The van der Waals surface area contributed by atoms with Crippen molar-refractivity contribution in [1.82, 2.24) is 4.98 Å². The van der Waals surface area contributed by atoms with Crippen LogP contribution in [-0.4, -0.2) is 31.2 Å². The first-order valence-electron chi connectivity index (χ1n) is 3.96. The van der Waals surface area contributed by atoms with Crippen molar-refractivity contribution in [3.63, 3.8) is 0 Å². The molecule has 0 aromatic carbocycles. The molecule has 0 aliphatic carbocycles. The summed E-state index contributed by atoms with van der Waals surface area (Å²) in [5.74, 6) is 0.582. The molecule has 5 heteroatoms. The fraction of sp³-hybridized carbons (Fsp3) is 0.222. The number of hydrogen-bond donors (Lipinski definition) is 0. The van der Waals surface area contributed by atoms with Crippen molar-refractivity contribution < 1.29 is 14.4 Å². The van der Waals surface area contributed by atoms with Crippen LogP contribution < -0.4 is 4.74 Å². The summed E-state index contributed by atoms with van der Waals surface area (Å²) in [7, 11) is 1.46. The summed E-state index contributed by atoms with van der Waals surface area (Å²) in [4.78, 5) is 18.5. The van der Waals surface area contributed by atoms with Crippen molar-refractivity contribution in [1.29, 1.82) is 0 Å². The molecule has 0 amide bonds. The second kappa shape index (κ2) is 5.69. The Hall–Kier alpha value is -1.91. The smallest absolute Gasteiger partial charge is 0.168 e. The molecule has 0 atom stereocenters. The predicted molar refractivity (Wildman–Crippen MR) is 50.6 cm³/mol. The molecule has 0 spiro atoms. The van der Waals surface area contributed by atoms with E-state index < -0.39 is 0 Å². The van der Waals surface area contributed by atoms with Gasteiger partial charge in [-0.2, -0.15) is 0 Å². The Kier molecular flexibility index (Phi) is 4.13. The van der Waals surface area contributed by atoms with E-state index >= 15 is 0 Å². The molecule has 0 N–H and O–H groups in total. The molecule has 5 nitrogen and oxygen atoms in total. The van der Waals surface area contributed by atoms with Crippen molar-refractivity contribution in [3.8, 4) is 5.75 Å². The molecule has 74 valence electrons. The summed E-state index contributed by atoms with van der Waals surface area (Å²) in [5.41, 5.74) is 0.378. The summed E-state index contributed by atoms with van der Waals surface area (Å²) >= 11 is 0. The third kappa shape index (κ3) is 3.22. The van der Waals surface area contributed by atoms with Gasteiger partial charge in [0.05, 0.1) is 12.4 Å². The SMILES string of the molecule is CON=CCOc1ccc(C=O)nc1. The highest BCUT2D eigenvalue weighted by Crippen LogP contribution is 2.07. The number of oxime groups is 1. The normalized spacial score (nSPS) is 10.1. The summed E-state index contributed by atoms with van der Waals surface area (Å²) < 4.78 is 5.20. The number of carbonyl (C=O) groups is 1. The maximum absolute atomic E-state index is 10.3. The lowest BCUT2D eigenvalue weighted by molar-refractivity contribution is 0.111. The van der Waals surface area contributed by atoms with Gasteiger partial charge in [0.25, 0.3) is 0 Å². The highest BCUT2D eigenvalue weighted by atomic mass is 16.6. The van der Waals surface area contributed by atoms with Gasteiger partial charge in [-0.15, -0.1) is 0 Å². The third-order valence-electron chi connectivity index (χ3n) is 1.38. The minimum Gasteiger partial charge on any atom is -0.486 e. The van der Waals surface area contributed by atoms with Gasteiger partial charge >= 0.3 is 0 Å². The first kappa shape index (κ1) is 10.2. The zero-order chi connectivity index (χ0) is 10.2. The molecule has 14 heavy (non-hydrogen) atoms. The average Bonchev–Trinajstić information content (AvgIpc) is 2.25. The number of aromatic nitrogens is 1. The van der Waals surface area contributed by atoms with E-state index in [-0.39, 0.29) is 0 Å². The molecule has 0 saturated heterocycles. The van der Waals surface area contributed by atoms with Crippen molar-refractivity contribution >= 4 is 12.5 Å². The molecule has 1 aromatic rings. The van der Waals surface area contributed by atoms with Gasteiger partial charge in [0.15, 0.2) is 6.29 Å². The molecule has 0 unspecified atom stereocenters. The number of nitrogens with zero attached hydrogens (tertiary/aromatic N) is 2. The maximum atomic E-state index is 10.3. The lowest BCUT2D eigenvalue weighted by Crippen LogP contribution is -1.99. The minimum atomic E-state index is 0.302. The van der Waals surface area contributed by atoms with E-state index in [1.807, 2.05) is 0 Å². The Morgan fingerprint density at radius 2 is 2.43 bits per heavy atom. The fourth-order valence-corrected chi connectivity index (χ4v) is 0.785. The van der Waals surface area contributed by atoms with E-state index in [4.69, 9.17) is 4.74 Å². The number of aldehydes is 1. The summed E-state index contributed by atoms with van der Waals surface area (Å²) in [6.45, 7) is 0.302. The van der Waals surface area contributed by atoms with Crippen LogP contribution in [0.2, 0.25) is 0 Å². The topological polar surface area (TPSA) is 60.8 Å². The van der Waals surface area contributed by atoms with Gasteiger partial charge in [0, 0.05) is 0 Å². The predicted octanol–water partition coefficient (Wildman–Crippen LogP) is 0.905. The number of ether oxygens (including phenoxy) is 1. The van der Waals surface area contributed by atoms with Crippen LogP contribution >= 0.6 is 0 Å². The number of hydrogen-bond acceptors (Lipinski definition) is 5. The summed E-state index contributed by atoms with van der Waals surface area (Å²) in [5, 5.41) is 3.49. The second-order valence-electron chi connectivity index (χ2n) is 2.32. The molecule has 1 rings (SSSR count). The first-order chi connectivity index (χ1) is 6.86. The molecular formula is C9H10N2O3. The van der Waals surface area contributed by atoms with Crippen LogP contribution in [0.4, 0.5) is 0 Å². The standard InChI is InChI=1S/C9H10N2O3/c1-13-11-4-5-14-9-3-2-8(7-12)10-6-9/h2-4,6-7H,5H2,1H3. The molecule has 0 saturated carbocycles. The molecule has 0 aliphatic rings. The lowest BCUT2D eigenvalue weighted by Gasteiger charge is -2.00. The van der Waals surface area contributed by atoms with Crippen LogP contribution in [0, 0.1) is 0 Å². The van der Waals surface area contributed by atoms with Gasteiger partial charge in [0.2, 0.25) is 0 Å². The van der Waals surface area contributed by atoms with Gasteiger partial charge in [-0.25, -0.2) is 4.98 Å². The van der Waals surface area contributed by atoms with Crippen molar-refractivity contribution in [2.75, 3.05) is 13.7 Å². The molecule has 0 fully saturated rings. The van der Waals surface area contributed by atoms with Gasteiger partial charge in [-0.3, -0.25) is 4.79 Å². The van der Waals surface area contributed by atoms with E-state index in [2.05, 4.69) is 15.0 Å². The van der Waals surface area contributed by atoms with Crippen molar-refractivity contribution in [3.05, 3.63) is 24.0 Å². The molecular weight excluding hydrogens is 184 g/mol. The maximum Gasteiger partial charge on any atom is 0.168 e. The van der Waals surface area contributed by atoms with E-state index in [0.29, 0.717) is 24.3 Å². The first-order valence-corrected chi connectivity index (χ1v) is 3.96. The summed E-state index contributed by atoms with van der Waals surface area (Å²) in [6, 6.07) is 3.24. The number of rotatable bonds is 5. The Labute approximate surface area is 81.3 Å². The Morgan fingerprint density at radius 1 is 1.57 bits per heavy atom. The summed E-state index contributed by atoms with van der Waals surface area (Å²) in [6.07, 6.45) is 3.63. The molecule has 1 aromatic heterocycles. The Bertz CT molecular complexity index is 308. The van der Waals surface area contributed by atoms with Crippen LogP contribution in [0.25, 0.3) is 0 Å². The van der Waals surface area contributed by atoms with Crippen molar-refractivity contribution in [2.45, 2.75) is 0 Å². The van der Waals surface area contributed by atoms with E-state index in [0.717, 1.165) is 0 Å². The monoisotopic (exact) mass is 194 g/mol. The van der Waals surface area contributed by atoms with E-state index in [1.54, 1.807) is 12.1 Å². The Balaban J connectivity index is 2.43. The van der Waals surface area contributed by atoms with Gasteiger partial charge in [0.1, 0.15) is 25.2 Å². The van der Waals surface area contributed by atoms with Gasteiger partial charge in [-0.05, 0) is 12.1 Å². The molecule has 1 heterocycles. The molecule has 0 radical (unpaired) electrons. The van der Waals surface area contributed by atoms with Crippen LogP contribution in [0.3, 0.4) is 0 Å². The highest BCUT2D eigenvalue weighted by molar-refractivity contribution is 5.71. The van der Waals surface area contributed by atoms with Gasteiger partial charge in [-0.1, -0.05) is 5.16 Å². The van der Waals surface area contributed by atoms with E-state index in [9.17, 15) is 4.79 Å². The Morgan fingerprint density at radius 3 is 3.00 bits per heavy atom. The van der Waals surface area contributed by atoms with Crippen LogP contribution in [0.1, 0.15) is 10.5 Å². The van der Waals surface area contributed by atoms with E-state index in [1.165, 1.54) is 19.5 Å². The van der Waals surface area contributed by atoms with Crippen molar-refractivity contribution in [2.24, 2.45) is 5.16 Å². The molecule has 0 aliphatic heterocycles. The highest BCUT2D eigenvalue weighted by Gasteiger charge is 1.93. The zero-order valence-corrected chi connectivity index (χ0v) is 7.71. The second-order valence-corrected chi connectivity index (χ2v) is 2.32. The third-order valence-corrected chi connectivity index (χ3v) is 1.38. The van der Waals surface area contributed by atoms with Gasteiger partial charge < -0.3 is 9.57 Å². The number of pyridine rings is 1. The largest absolute Gasteiger partial charge is 0.486 e.